The third kappa shape index (κ3) is 4.28. The van der Waals surface area contributed by atoms with Crippen LogP contribution in [0.2, 0.25) is 0 Å². The van der Waals surface area contributed by atoms with Crippen molar-refractivity contribution in [3.63, 3.8) is 0 Å². The lowest BCUT2D eigenvalue weighted by atomic mass is 10.2. The van der Waals surface area contributed by atoms with Gasteiger partial charge in [0.1, 0.15) is 5.82 Å². The Bertz CT molecular complexity index is 684. The number of furan rings is 1. The lowest BCUT2D eigenvalue weighted by Gasteiger charge is -2.03. The third-order valence-electron chi connectivity index (χ3n) is 2.42. The summed E-state index contributed by atoms with van der Waals surface area (Å²) in [6, 6.07) is 7.36. The zero-order chi connectivity index (χ0) is 15.2. The van der Waals surface area contributed by atoms with E-state index in [1.807, 2.05) is 0 Å². The molecule has 2 amide bonds. The maximum Gasteiger partial charge on any atom is 0.305 e. The molecule has 0 aliphatic heterocycles. The first kappa shape index (κ1) is 15.0. The Morgan fingerprint density at radius 3 is 2.76 bits per heavy atom. The van der Waals surface area contributed by atoms with Gasteiger partial charge in [-0.15, -0.1) is 0 Å². The van der Waals surface area contributed by atoms with E-state index >= 15 is 0 Å². The van der Waals surface area contributed by atoms with Crippen molar-refractivity contribution in [1.82, 2.24) is 10.9 Å². The fourth-order valence-corrected chi connectivity index (χ4v) is 1.82. The highest BCUT2D eigenvalue weighted by Gasteiger charge is 2.08. The van der Waals surface area contributed by atoms with Crippen LogP contribution in [0.15, 0.2) is 51.6 Å². The molecular weight excluding hydrogens is 343 g/mol. The van der Waals surface area contributed by atoms with Crippen LogP contribution >= 0.6 is 15.9 Å². The van der Waals surface area contributed by atoms with Crippen LogP contribution in [0.1, 0.15) is 16.1 Å². The Morgan fingerprint density at radius 1 is 1.24 bits per heavy atom. The van der Waals surface area contributed by atoms with E-state index < -0.39 is 17.6 Å². The van der Waals surface area contributed by atoms with Crippen molar-refractivity contribution in [2.75, 3.05) is 0 Å². The molecule has 0 atom stereocenters. The number of hydrogen-bond donors (Lipinski definition) is 2. The van der Waals surface area contributed by atoms with Crippen molar-refractivity contribution >= 4 is 33.8 Å². The van der Waals surface area contributed by atoms with E-state index in [1.165, 1.54) is 30.5 Å². The highest BCUT2D eigenvalue weighted by atomic mass is 79.9. The monoisotopic (exact) mass is 352 g/mol. The second kappa shape index (κ2) is 6.85. The molecule has 2 rings (SSSR count). The molecule has 2 aromatic rings. The molecule has 0 aliphatic rings. The summed E-state index contributed by atoms with van der Waals surface area (Å²) in [7, 11) is 0. The molecule has 108 valence electrons. The molecule has 0 fully saturated rings. The van der Waals surface area contributed by atoms with E-state index in [-0.39, 0.29) is 11.3 Å². The van der Waals surface area contributed by atoms with E-state index in [0.29, 0.717) is 4.47 Å². The zero-order valence-electron chi connectivity index (χ0n) is 10.6. The van der Waals surface area contributed by atoms with Crippen molar-refractivity contribution in [3.8, 4) is 0 Å². The highest BCUT2D eigenvalue weighted by Crippen LogP contribution is 2.16. The van der Waals surface area contributed by atoms with Gasteiger partial charge in [0.25, 0.3) is 5.91 Å². The number of hydrazine groups is 1. The number of rotatable bonds is 3. The molecule has 0 spiro atoms. The SMILES string of the molecule is O=C(/C=C/c1cc(Br)ccc1F)NNC(=O)c1ccco1. The largest absolute Gasteiger partial charge is 0.459 e. The molecule has 0 saturated heterocycles. The Balaban J connectivity index is 1.91. The van der Waals surface area contributed by atoms with Crippen molar-refractivity contribution in [2.24, 2.45) is 0 Å². The molecule has 0 bridgehead atoms. The van der Waals surface area contributed by atoms with Crippen LogP contribution in [0.4, 0.5) is 4.39 Å². The number of amides is 2. The van der Waals surface area contributed by atoms with Crippen molar-refractivity contribution < 1.29 is 18.4 Å². The van der Waals surface area contributed by atoms with Crippen LogP contribution in [-0.4, -0.2) is 11.8 Å². The van der Waals surface area contributed by atoms with Gasteiger partial charge >= 0.3 is 5.91 Å². The fraction of sp³-hybridized carbons (Fsp3) is 0. The Hall–Kier alpha value is -2.41. The molecule has 0 saturated carbocycles. The summed E-state index contributed by atoms with van der Waals surface area (Å²) >= 11 is 3.21. The number of benzene rings is 1. The molecule has 0 radical (unpaired) electrons. The minimum atomic E-state index is -0.603. The van der Waals surface area contributed by atoms with Gasteiger partial charge in [-0.25, -0.2) is 4.39 Å². The quantitative estimate of drug-likeness (QED) is 0.658. The van der Waals surface area contributed by atoms with Gasteiger partial charge in [0.05, 0.1) is 6.26 Å². The molecule has 1 heterocycles. The van der Waals surface area contributed by atoms with Gasteiger partial charge in [-0.3, -0.25) is 20.4 Å². The van der Waals surface area contributed by atoms with Gasteiger partial charge in [0.2, 0.25) is 0 Å². The second-order valence-corrected chi connectivity index (χ2v) is 4.84. The van der Waals surface area contributed by atoms with Gasteiger partial charge in [-0.2, -0.15) is 0 Å². The normalized spacial score (nSPS) is 10.6. The topological polar surface area (TPSA) is 71.3 Å². The van der Waals surface area contributed by atoms with E-state index in [2.05, 4.69) is 26.8 Å². The van der Waals surface area contributed by atoms with E-state index in [0.717, 1.165) is 6.08 Å². The Morgan fingerprint density at radius 2 is 2.05 bits per heavy atom. The minimum Gasteiger partial charge on any atom is -0.459 e. The summed E-state index contributed by atoms with van der Waals surface area (Å²) in [5.41, 5.74) is 4.56. The van der Waals surface area contributed by atoms with Crippen LogP contribution in [0.3, 0.4) is 0 Å². The Kier molecular flexibility index (Phi) is 4.89. The second-order valence-electron chi connectivity index (χ2n) is 3.92. The molecule has 7 heteroatoms. The first-order valence-corrected chi connectivity index (χ1v) is 6.62. The average Bonchev–Trinajstić information content (AvgIpc) is 3.00. The molecule has 1 aromatic carbocycles. The molecule has 21 heavy (non-hydrogen) atoms. The van der Waals surface area contributed by atoms with Crippen LogP contribution < -0.4 is 10.9 Å². The smallest absolute Gasteiger partial charge is 0.305 e. The van der Waals surface area contributed by atoms with Gasteiger partial charge < -0.3 is 4.42 Å². The third-order valence-corrected chi connectivity index (χ3v) is 2.91. The standard InChI is InChI=1S/C14H10BrFN2O3/c15-10-4-5-11(16)9(8-10)3-6-13(19)17-18-14(20)12-2-1-7-21-12/h1-8H,(H,17,19)(H,18,20)/b6-3+. The predicted molar refractivity (Wildman–Crippen MR) is 77.5 cm³/mol. The van der Waals surface area contributed by atoms with Crippen LogP contribution in [-0.2, 0) is 4.79 Å². The summed E-state index contributed by atoms with van der Waals surface area (Å²) in [5, 5.41) is 0. The Labute approximate surface area is 127 Å². The summed E-state index contributed by atoms with van der Waals surface area (Å²) in [6.45, 7) is 0. The summed E-state index contributed by atoms with van der Waals surface area (Å²) in [4.78, 5) is 23.0. The number of hydrogen-bond acceptors (Lipinski definition) is 3. The number of carbonyl (C=O) groups is 2. The lowest BCUT2D eigenvalue weighted by Crippen LogP contribution is -2.40. The summed E-state index contributed by atoms with van der Waals surface area (Å²) < 4.78 is 19.0. The van der Waals surface area contributed by atoms with Gasteiger partial charge in [0, 0.05) is 16.1 Å². The van der Waals surface area contributed by atoms with Crippen LogP contribution in [0, 0.1) is 5.82 Å². The molecule has 2 N–H and O–H groups in total. The first-order valence-electron chi connectivity index (χ1n) is 5.83. The number of nitrogens with one attached hydrogen (secondary N) is 2. The van der Waals surface area contributed by atoms with Crippen molar-refractivity contribution in [2.45, 2.75) is 0 Å². The molecule has 1 aromatic heterocycles. The highest BCUT2D eigenvalue weighted by molar-refractivity contribution is 9.10. The van der Waals surface area contributed by atoms with Crippen molar-refractivity contribution in [1.29, 1.82) is 0 Å². The number of carbonyl (C=O) groups excluding carboxylic acids is 2. The van der Waals surface area contributed by atoms with E-state index in [4.69, 9.17) is 4.42 Å². The van der Waals surface area contributed by atoms with E-state index in [9.17, 15) is 14.0 Å². The number of halogens is 2. The summed E-state index contributed by atoms with van der Waals surface area (Å²) in [6.07, 6.45) is 3.74. The fourth-order valence-electron chi connectivity index (χ4n) is 1.44. The average molecular weight is 353 g/mol. The predicted octanol–water partition coefficient (Wildman–Crippen LogP) is 2.66. The molecular formula is C14H10BrFN2O3. The maximum absolute atomic E-state index is 13.4. The molecule has 0 aliphatic carbocycles. The van der Waals surface area contributed by atoms with Gasteiger partial charge in [-0.05, 0) is 36.4 Å². The lowest BCUT2D eigenvalue weighted by molar-refractivity contribution is -0.117. The van der Waals surface area contributed by atoms with Gasteiger partial charge in [-0.1, -0.05) is 15.9 Å². The zero-order valence-corrected chi connectivity index (χ0v) is 12.2. The van der Waals surface area contributed by atoms with Crippen LogP contribution in [0.5, 0.6) is 0 Å². The van der Waals surface area contributed by atoms with Crippen molar-refractivity contribution in [3.05, 3.63) is 64.3 Å². The minimum absolute atomic E-state index is 0.0670. The molecule has 0 unspecified atom stereocenters. The first-order chi connectivity index (χ1) is 10.1. The summed E-state index contributed by atoms with van der Waals surface area (Å²) in [5.74, 6) is -1.58. The molecule has 5 nitrogen and oxygen atoms in total. The maximum atomic E-state index is 13.4. The van der Waals surface area contributed by atoms with E-state index in [1.54, 1.807) is 12.1 Å². The van der Waals surface area contributed by atoms with Gasteiger partial charge in [0.15, 0.2) is 5.76 Å². The van der Waals surface area contributed by atoms with Crippen LogP contribution in [0.25, 0.3) is 6.08 Å².